The van der Waals surface area contributed by atoms with Crippen molar-refractivity contribution in [2.45, 2.75) is 27.2 Å². The van der Waals surface area contributed by atoms with E-state index in [4.69, 9.17) is 9.72 Å². The summed E-state index contributed by atoms with van der Waals surface area (Å²) >= 11 is 1.59. The van der Waals surface area contributed by atoms with E-state index in [-0.39, 0.29) is 11.7 Å². The number of amides is 1. The molecule has 34 heavy (non-hydrogen) atoms. The fourth-order valence-electron chi connectivity index (χ4n) is 4.59. The van der Waals surface area contributed by atoms with E-state index in [1.54, 1.807) is 20.9 Å². The van der Waals surface area contributed by atoms with Gasteiger partial charge in [0.15, 0.2) is 0 Å². The van der Waals surface area contributed by atoms with Crippen molar-refractivity contribution in [2.75, 3.05) is 19.7 Å². The number of aryl methyl sites for hydroxylation is 1. The number of para-hydroxylation sites is 1. The third-order valence-corrected chi connectivity index (χ3v) is 7.36. The Kier molecular flexibility index (Phi) is 5.65. The van der Waals surface area contributed by atoms with Gasteiger partial charge in [0, 0.05) is 42.3 Å². The van der Waals surface area contributed by atoms with Gasteiger partial charge in [-0.15, -0.1) is 11.3 Å². The Balaban J connectivity index is 1.49. The second kappa shape index (κ2) is 8.64. The van der Waals surface area contributed by atoms with E-state index in [1.807, 2.05) is 72.8 Å². The molecule has 0 unspecified atom stereocenters. The van der Waals surface area contributed by atoms with Crippen molar-refractivity contribution >= 4 is 17.4 Å². The minimum Gasteiger partial charge on any atom is -0.448 e. The lowest BCUT2D eigenvalue weighted by Crippen LogP contribution is -2.26. The van der Waals surface area contributed by atoms with Crippen molar-refractivity contribution in [3.8, 4) is 22.6 Å². The monoisotopic (exact) mass is 477 g/mol. The molecule has 4 aromatic rings. The lowest BCUT2D eigenvalue weighted by molar-refractivity contribution is 0.159. The van der Waals surface area contributed by atoms with Crippen LogP contribution < -0.4 is 5.56 Å². The summed E-state index contributed by atoms with van der Waals surface area (Å²) in [6.45, 7) is 7.71. The number of carbonyl (C=O) groups is 1. The maximum Gasteiger partial charge on any atom is 0.409 e. The first-order chi connectivity index (χ1) is 16.4. The van der Waals surface area contributed by atoms with Crippen LogP contribution in [-0.2, 0) is 18.2 Å². The summed E-state index contributed by atoms with van der Waals surface area (Å²) in [6.07, 6.45) is 0.442. The fraction of sp³-hybridized carbons (Fsp3) is 0.320. The van der Waals surface area contributed by atoms with Gasteiger partial charge in [-0.2, -0.15) is 0 Å². The zero-order valence-corrected chi connectivity index (χ0v) is 20.6. The molecule has 1 amide bonds. The van der Waals surface area contributed by atoms with Crippen molar-refractivity contribution in [1.82, 2.24) is 23.8 Å². The van der Waals surface area contributed by atoms with Crippen LogP contribution in [0.1, 0.15) is 22.1 Å². The van der Waals surface area contributed by atoms with Crippen molar-refractivity contribution in [2.24, 2.45) is 7.05 Å². The Morgan fingerprint density at radius 1 is 1.09 bits per heavy atom. The largest absolute Gasteiger partial charge is 0.448 e. The molecule has 0 aliphatic carbocycles. The number of hydrogen-bond donors (Lipinski definition) is 0. The number of nitrogens with zero attached hydrogens (tertiary/aromatic N) is 5. The average Bonchev–Trinajstić information content (AvgIpc) is 3.57. The Labute approximate surface area is 201 Å². The quantitative estimate of drug-likeness (QED) is 0.421. The van der Waals surface area contributed by atoms with E-state index in [9.17, 15) is 9.59 Å². The average molecular weight is 478 g/mol. The van der Waals surface area contributed by atoms with E-state index < -0.39 is 0 Å². The van der Waals surface area contributed by atoms with Crippen LogP contribution in [0.15, 0.2) is 46.6 Å². The van der Waals surface area contributed by atoms with Crippen LogP contribution in [0.2, 0.25) is 0 Å². The number of rotatable bonds is 6. The minimum atomic E-state index is -0.250. The molecule has 176 valence electrons. The van der Waals surface area contributed by atoms with Gasteiger partial charge < -0.3 is 14.2 Å². The molecular weight excluding hydrogens is 450 g/mol. The molecule has 9 heteroatoms. The highest BCUT2D eigenvalue weighted by Crippen LogP contribution is 2.31. The second-order valence-electron chi connectivity index (χ2n) is 8.51. The van der Waals surface area contributed by atoms with Gasteiger partial charge in [0.1, 0.15) is 12.3 Å². The molecule has 0 spiro atoms. The molecule has 8 nitrogen and oxygen atoms in total. The lowest BCUT2D eigenvalue weighted by atomic mass is 10.2. The maximum atomic E-state index is 13.6. The van der Waals surface area contributed by atoms with E-state index in [0.29, 0.717) is 31.8 Å². The van der Waals surface area contributed by atoms with Crippen molar-refractivity contribution in [3.63, 3.8) is 0 Å². The predicted octanol–water partition coefficient (Wildman–Crippen LogP) is 4.01. The Hall–Kier alpha value is -3.59. The summed E-state index contributed by atoms with van der Waals surface area (Å²) in [5.74, 6) is 0. The molecule has 1 aliphatic heterocycles. The standard InChI is InChI=1S/C25H27N5O3S/c1-16-14-20(21-15-34-22(26-21)10-11-28-12-13-33-25(28)32)17(2)29(16)23-18(3)27(4)30(24(23)31)19-8-6-5-7-9-19/h5-9,14-15H,10-13H2,1-4H3. The summed E-state index contributed by atoms with van der Waals surface area (Å²) in [4.78, 5) is 31.8. The van der Waals surface area contributed by atoms with E-state index in [0.717, 1.165) is 39.0 Å². The first-order valence-corrected chi connectivity index (χ1v) is 12.1. The molecule has 0 saturated carbocycles. The fourth-order valence-corrected chi connectivity index (χ4v) is 5.37. The van der Waals surface area contributed by atoms with E-state index >= 15 is 0 Å². The van der Waals surface area contributed by atoms with Crippen LogP contribution in [0.25, 0.3) is 22.6 Å². The number of aromatic nitrogens is 4. The highest BCUT2D eigenvalue weighted by Gasteiger charge is 2.24. The Morgan fingerprint density at radius 2 is 1.85 bits per heavy atom. The summed E-state index contributed by atoms with van der Waals surface area (Å²) in [6, 6.07) is 11.8. The molecule has 0 N–H and O–H groups in total. The predicted molar refractivity (Wildman–Crippen MR) is 132 cm³/mol. The third-order valence-electron chi connectivity index (χ3n) is 6.45. The molecule has 0 bridgehead atoms. The molecule has 1 aromatic carbocycles. The zero-order valence-electron chi connectivity index (χ0n) is 19.7. The SMILES string of the molecule is Cc1cc(-c2csc(CCN3CCOC3=O)n2)c(C)n1-c1c(C)n(C)n(-c2ccccc2)c1=O. The number of thiazole rings is 1. The van der Waals surface area contributed by atoms with Gasteiger partial charge in [0.25, 0.3) is 5.56 Å². The number of cyclic esters (lactones) is 1. The van der Waals surface area contributed by atoms with Gasteiger partial charge in [-0.3, -0.25) is 9.48 Å². The van der Waals surface area contributed by atoms with Gasteiger partial charge in [-0.1, -0.05) is 18.2 Å². The maximum absolute atomic E-state index is 13.6. The summed E-state index contributed by atoms with van der Waals surface area (Å²) in [5.41, 5.74) is 6.16. The van der Waals surface area contributed by atoms with Gasteiger partial charge in [-0.05, 0) is 39.0 Å². The Bertz CT molecular complexity index is 1430. The van der Waals surface area contributed by atoms with Crippen LogP contribution in [0, 0.1) is 20.8 Å². The summed E-state index contributed by atoms with van der Waals surface area (Å²) < 4.78 is 10.6. The molecular formula is C25H27N5O3S. The first kappa shape index (κ1) is 22.2. The van der Waals surface area contributed by atoms with Crippen LogP contribution in [0.5, 0.6) is 0 Å². The topological polar surface area (TPSA) is 74.3 Å². The van der Waals surface area contributed by atoms with E-state index in [1.165, 1.54) is 0 Å². The second-order valence-corrected chi connectivity index (χ2v) is 9.45. The highest BCUT2D eigenvalue weighted by atomic mass is 32.1. The molecule has 5 rings (SSSR count). The van der Waals surface area contributed by atoms with Crippen LogP contribution in [0.4, 0.5) is 4.79 Å². The van der Waals surface area contributed by atoms with Crippen LogP contribution >= 0.6 is 11.3 Å². The summed E-state index contributed by atoms with van der Waals surface area (Å²) in [5, 5.41) is 3.02. The van der Waals surface area contributed by atoms with Crippen LogP contribution in [0.3, 0.4) is 0 Å². The van der Waals surface area contributed by atoms with E-state index in [2.05, 4.69) is 6.07 Å². The lowest BCUT2D eigenvalue weighted by Gasteiger charge is -2.10. The first-order valence-electron chi connectivity index (χ1n) is 11.3. The Morgan fingerprint density at radius 3 is 2.56 bits per heavy atom. The number of carbonyl (C=O) groups excluding carboxylic acids is 1. The molecule has 1 fully saturated rings. The minimum absolute atomic E-state index is 0.0592. The smallest absolute Gasteiger partial charge is 0.409 e. The molecule has 0 atom stereocenters. The molecule has 4 heterocycles. The molecule has 3 aromatic heterocycles. The van der Waals surface area contributed by atoms with Crippen molar-refractivity contribution in [3.05, 3.63) is 74.2 Å². The van der Waals surface area contributed by atoms with Crippen LogP contribution in [-0.4, -0.2) is 49.6 Å². The van der Waals surface area contributed by atoms with Crippen molar-refractivity contribution < 1.29 is 9.53 Å². The van der Waals surface area contributed by atoms with Crippen molar-refractivity contribution in [1.29, 1.82) is 0 Å². The van der Waals surface area contributed by atoms with Gasteiger partial charge in [0.2, 0.25) is 0 Å². The third kappa shape index (κ3) is 3.66. The normalized spacial score (nSPS) is 13.6. The molecule has 1 aliphatic rings. The summed E-state index contributed by atoms with van der Waals surface area (Å²) in [7, 11) is 1.91. The van der Waals surface area contributed by atoms with Gasteiger partial charge >= 0.3 is 6.09 Å². The molecule has 0 radical (unpaired) electrons. The zero-order chi connectivity index (χ0) is 24.0. The van der Waals surface area contributed by atoms with Gasteiger partial charge in [0.05, 0.1) is 28.6 Å². The number of ether oxygens (including phenoxy) is 1. The number of benzene rings is 1. The number of hydrogen-bond acceptors (Lipinski definition) is 5. The van der Waals surface area contributed by atoms with Gasteiger partial charge in [-0.25, -0.2) is 14.5 Å². The highest BCUT2D eigenvalue weighted by molar-refractivity contribution is 7.09. The molecule has 1 saturated heterocycles.